The number of para-hydroxylation sites is 2. The van der Waals surface area contributed by atoms with E-state index in [0.29, 0.717) is 11.5 Å². The van der Waals surface area contributed by atoms with Crippen LogP contribution in [0.25, 0.3) is 0 Å². The number of ether oxygens (including phenoxy) is 4. The molecule has 0 aliphatic heterocycles. The van der Waals surface area contributed by atoms with E-state index in [-0.39, 0.29) is 53.3 Å². The number of hydrogen-bond donors (Lipinski definition) is 1. The fourth-order valence-electron chi connectivity index (χ4n) is 3.56. The minimum Gasteiger partial charge on any atom is -0.493 e. The Morgan fingerprint density at radius 2 is 1.59 bits per heavy atom. The number of esters is 1. The van der Waals surface area contributed by atoms with Crippen LogP contribution in [0.3, 0.4) is 0 Å². The summed E-state index contributed by atoms with van der Waals surface area (Å²) in [4.78, 5) is 12.6. The Morgan fingerprint density at radius 3 is 2.19 bits per heavy atom. The largest absolute Gasteiger partial charge is 0.493 e. The molecule has 0 spiro atoms. The highest BCUT2D eigenvalue weighted by atomic mass is 32.2. The Morgan fingerprint density at radius 1 is 0.946 bits per heavy atom. The van der Waals surface area contributed by atoms with E-state index >= 15 is 0 Å². The van der Waals surface area contributed by atoms with E-state index in [9.17, 15) is 18.3 Å². The molecule has 0 fully saturated rings. The molecule has 0 saturated heterocycles. The van der Waals surface area contributed by atoms with Gasteiger partial charge in [-0.2, -0.15) is 0 Å². The first kappa shape index (κ1) is 27.8. The highest BCUT2D eigenvalue weighted by Gasteiger charge is 2.32. The fraction of sp³-hybridized carbons (Fsp3) is 0.296. The number of aliphatic hydroxyl groups excluding tert-OH is 1. The van der Waals surface area contributed by atoms with Gasteiger partial charge < -0.3 is 24.1 Å². The molecule has 0 radical (unpaired) electrons. The molecule has 10 heteroatoms. The number of aliphatic hydroxyl groups is 1. The normalized spacial score (nSPS) is 11.2. The van der Waals surface area contributed by atoms with Gasteiger partial charge in [-0.25, -0.2) is 13.2 Å². The van der Waals surface area contributed by atoms with Crippen LogP contribution in [0.15, 0.2) is 71.6 Å². The predicted octanol–water partition coefficient (Wildman–Crippen LogP) is 4.50. The molecule has 1 N–H and O–H groups in total. The number of hydrogen-bond acceptors (Lipinski definition) is 8. The minimum absolute atomic E-state index is 0.0331. The van der Waals surface area contributed by atoms with Gasteiger partial charge in [-0.1, -0.05) is 44.2 Å². The van der Waals surface area contributed by atoms with Crippen LogP contribution in [-0.4, -0.2) is 53.5 Å². The summed E-state index contributed by atoms with van der Waals surface area (Å²) in [7, 11) is -1.39. The average molecular weight is 530 g/mol. The lowest BCUT2D eigenvalue weighted by Crippen LogP contribution is -2.35. The van der Waals surface area contributed by atoms with E-state index in [1.807, 2.05) is 13.8 Å². The molecule has 0 aliphatic rings. The maximum absolute atomic E-state index is 13.9. The SMILES string of the molecule is COC(=O)c1cc(OCCO)c(Oc2ccccc2OC)c(N(CC(C)C)S(=O)(=O)c2ccccc2)c1. The van der Waals surface area contributed by atoms with Crippen LogP contribution >= 0.6 is 0 Å². The van der Waals surface area contributed by atoms with Crippen LogP contribution in [-0.2, 0) is 14.8 Å². The molecular weight excluding hydrogens is 498 g/mol. The molecule has 0 aromatic heterocycles. The van der Waals surface area contributed by atoms with Crippen molar-refractivity contribution in [2.24, 2.45) is 5.92 Å². The summed E-state index contributed by atoms with van der Waals surface area (Å²) in [5.41, 5.74) is 0.120. The Labute approximate surface area is 217 Å². The zero-order valence-corrected chi connectivity index (χ0v) is 22.0. The number of rotatable bonds is 12. The number of nitrogens with zero attached hydrogens (tertiary/aromatic N) is 1. The van der Waals surface area contributed by atoms with Gasteiger partial charge in [0.25, 0.3) is 10.0 Å². The highest BCUT2D eigenvalue weighted by Crippen LogP contribution is 2.45. The van der Waals surface area contributed by atoms with Crippen molar-refractivity contribution in [3.63, 3.8) is 0 Å². The third kappa shape index (κ3) is 6.52. The molecule has 0 bridgehead atoms. The summed E-state index contributed by atoms with van der Waals surface area (Å²) in [5.74, 6) is -0.00479. The van der Waals surface area contributed by atoms with Crippen molar-refractivity contribution in [2.75, 3.05) is 38.3 Å². The van der Waals surface area contributed by atoms with E-state index in [1.165, 1.54) is 42.8 Å². The van der Waals surface area contributed by atoms with E-state index in [0.717, 1.165) is 0 Å². The monoisotopic (exact) mass is 529 g/mol. The van der Waals surface area contributed by atoms with Crippen molar-refractivity contribution >= 4 is 21.7 Å². The topological polar surface area (TPSA) is 112 Å². The van der Waals surface area contributed by atoms with Gasteiger partial charge >= 0.3 is 5.97 Å². The van der Waals surface area contributed by atoms with Crippen molar-refractivity contribution in [2.45, 2.75) is 18.7 Å². The molecule has 9 nitrogen and oxygen atoms in total. The number of anilines is 1. The lowest BCUT2D eigenvalue weighted by molar-refractivity contribution is 0.0600. The molecule has 0 unspecified atom stereocenters. The average Bonchev–Trinajstić information content (AvgIpc) is 2.91. The standard InChI is InChI=1S/C27H31NO8S/c1-19(2)18-28(37(31,32)21-10-6-5-7-11-21)22-16-20(27(30)34-4)17-25(35-15-14-29)26(22)36-24-13-9-8-12-23(24)33-3/h5-13,16-17,19,29H,14-15,18H2,1-4H3. The third-order valence-corrected chi connectivity index (χ3v) is 7.01. The second-order valence-corrected chi connectivity index (χ2v) is 10.2. The lowest BCUT2D eigenvalue weighted by Gasteiger charge is -2.29. The summed E-state index contributed by atoms with van der Waals surface area (Å²) in [6.45, 7) is 3.39. The van der Waals surface area contributed by atoms with E-state index in [1.54, 1.807) is 42.5 Å². The Hall–Kier alpha value is -3.76. The van der Waals surface area contributed by atoms with Gasteiger partial charge in [0.2, 0.25) is 0 Å². The van der Waals surface area contributed by atoms with Crippen LogP contribution in [0.1, 0.15) is 24.2 Å². The summed E-state index contributed by atoms with van der Waals surface area (Å²) in [6.07, 6.45) is 0. The van der Waals surface area contributed by atoms with Crippen molar-refractivity contribution in [3.8, 4) is 23.0 Å². The van der Waals surface area contributed by atoms with Gasteiger partial charge in [-0.3, -0.25) is 4.31 Å². The van der Waals surface area contributed by atoms with Gasteiger partial charge in [0, 0.05) is 6.54 Å². The van der Waals surface area contributed by atoms with Gasteiger partial charge in [0.05, 0.1) is 37.0 Å². The molecule has 0 atom stereocenters. The van der Waals surface area contributed by atoms with Gasteiger partial charge in [-0.15, -0.1) is 0 Å². The zero-order chi connectivity index (χ0) is 27.0. The van der Waals surface area contributed by atoms with Crippen LogP contribution in [0.5, 0.6) is 23.0 Å². The molecule has 3 aromatic carbocycles. The maximum atomic E-state index is 13.9. The first-order chi connectivity index (χ1) is 17.7. The molecule has 0 amide bonds. The number of sulfonamides is 1. The molecule has 0 aliphatic carbocycles. The zero-order valence-electron chi connectivity index (χ0n) is 21.2. The highest BCUT2D eigenvalue weighted by molar-refractivity contribution is 7.92. The van der Waals surface area contributed by atoms with E-state index in [2.05, 4.69) is 0 Å². The molecule has 37 heavy (non-hydrogen) atoms. The minimum atomic E-state index is -4.10. The molecule has 0 saturated carbocycles. The molecular formula is C27H31NO8S. The van der Waals surface area contributed by atoms with Crippen LogP contribution in [0.2, 0.25) is 0 Å². The molecule has 3 aromatic rings. The first-order valence-corrected chi connectivity index (χ1v) is 13.1. The second-order valence-electron chi connectivity index (χ2n) is 8.38. The smallest absolute Gasteiger partial charge is 0.338 e. The predicted molar refractivity (Wildman–Crippen MR) is 139 cm³/mol. The first-order valence-electron chi connectivity index (χ1n) is 11.6. The quantitative estimate of drug-likeness (QED) is 0.342. The van der Waals surface area contributed by atoms with Crippen molar-refractivity contribution in [1.82, 2.24) is 0 Å². The number of carbonyl (C=O) groups excluding carboxylic acids is 1. The van der Waals surface area contributed by atoms with Gasteiger partial charge in [0.15, 0.2) is 23.0 Å². The van der Waals surface area contributed by atoms with Crippen molar-refractivity contribution in [3.05, 3.63) is 72.3 Å². The van der Waals surface area contributed by atoms with E-state index in [4.69, 9.17) is 18.9 Å². The lowest BCUT2D eigenvalue weighted by atomic mass is 10.1. The summed E-state index contributed by atoms with van der Waals surface area (Å²) in [6, 6.07) is 17.6. The van der Waals surface area contributed by atoms with Crippen LogP contribution in [0.4, 0.5) is 5.69 Å². The maximum Gasteiger partial charge on any atom is 0.338 e. The van der Waals surface area contributed by atoms with E-state index < -0.39 is 16.0 Å². The third-order valence-electron chi connectivity index (χ3n) is 5.22. The Kier molecular flexibility index (Phi) is 9.37. The molecule has 3 rings (SSSR count). The molecule has 0 heterocycles. The summed E-state index contributed by atoms with van der Waals surface area (Å²) in [5, 5.41) is 9.41. The van der Waals surface area contributed by atoms with Gasteiger partial charge in [0.1, 0.15) is 6.61 Å². The second kappa shape index (κ2) is 12.5. The molecule has 198 valence electrons. The summed E-state index contributed by atoms with van der Waals surface area (Å²) >= 11 is 0. The Bertz CT molecular complexity index is 1310. The van der Waals surface area contributed by atoms with Crippen molar-refractivity contribution in [1.29, 1.82) is 0 Å². The Balaban J connectivity index is 2.34. The van der Waals surface area contributed by atoms with Gasteiger partial charge in [-0.05, 0) is 42.3 Å². The van der Waals surface area contributed by atoms with Crippen molar-refractivity contribution < 1.29 is 37.3 Å². The summed E-state index contributed by atoms with van der Waals surface area (Å²) < 4.78 is 51.3. The van der Waals surface area contributed by atoms with Crippen LogP contribution in [0, 0.1) is 5.92 Å². The van der Waals surface area contributed by atoms with Crippen LogP contribution < -0.4 is 18.5 Å². The number of methoxy groups -OCH3 is 2. The fourth-order valence-corrected chi connectivity index (χ4v) is 5.21. The number of carbonyl (C=O) groups is 1. The number of benzene rings is 3.